The molecular weight excluding hydrogens is 311 g/mol. The number of aromatic nitrogens is 1. The highest BCUT2D eigenvalue weighted by Crippen LogP contribution is 2.27. The van der Waals surface area contributed by atoms with Gasteiger partial charge in [0.15, 0.2) is 11.6 Å². The summed E-state index contributed by atoms with van der Waals surface area (Å²) >= 11 is 3.17. The van der Waals surface area contributed by atoms with Gasteiger partial charge in [0.05, 0.1) is 22.0 Å². The molecule has 0 fully saturated rings. The number of nitrogens with zero attached hydrogens (tertiary/aromatic N) is 1. The highest BCUT2D eigenvalue weighted by molar-refractivity contribution is 9.10. The molecule has 3 nitrogen and oxygen atoms in total. The SMILES string of the molecule is Nc1cnc(Nc2cc(F)c(F)cc2F)c(Br)c1. The highest BCUT2D eigenvalue weighted by Gasteiger charge is 2.11. The van der Waals surface area contributed by atoms with E-state index in [-0.39, 0.29) is 11.5 Å². The van der Waals surface area contributed by atoms with Crippen LogP contribution in [0.3, 0.4) is 0 Å². The zero-order valence-corrected chi connectivity index (χ0v) is 10.4. The molecule has 7 heteroatoms. The van der Waals surface area contributed by atoms with E-state index in [1.54, 1.807) is 6.07 Å². The number of nitrogens with one attached hydrogen (secondary N) is 1. The zero-order chi connectivity index (χ0) is 13.3. The Bertz CT molecular complexity index is 604. The Hall–Kier alpha value is -1.76. The van der Waals surface area contributed by atoms with Crippen molar-refractivity contribution in [1.29, 1.82) is 0 Å². The fraction of sp³-hybridized carbons (Fsp3) is 0. The number of rotatable bonds is 2. The number of pyridine rings is 1. The van der Waals surface area contributed by atoms with Crippen molar-refractivity contribution in [2.24, 2.45) is 0 Å². The molecule has 1 heterocycles. The smallest absolute Gasteiger partial charge is 0.161 e. The molecule has 2 aromatic rings. The Kier molecular flexibility index (Phi) is 3.42. The molecular formula is C11H7BrF3N3. The third kappa shape index (κ3) is 2.56. The van der Waals surface area contributed by atoms with Gasteiger partial charge in [-0.3, -0.25) is 0 Å². The Labute approximate surface area is 109 Å². The summed E-state index contributed by atoms with van der Waals surface area (Å²) in [5.74, 6) is -3.07. The topological polar surface area (TPSA) is 50.9 Å². The third-order valence-electron chi connectivity index (χ3n) is 2.13. The summed E-state index contributed by atoms with van der Waals surface area (Å²) in [7, 11) is 0. The lowest BCUT2D eigenvalue weighted by atomic mass is 10.2. The van der Waals surface area contributed by atoms with Crippen LogP contribution in [-0.2, 0) is 0 Å². The number of benzene rings is 1. The van der Waals surface area contributed by atoms with E-state index in [9.17, 15) is 13.2 Å². The minimum Gasteiger partial charge on any atom is -0.397 e. The molecule has 0 saturated carbocycles. The minimum absolute atomic E-state index is 0.216. The molecule has 1 aromatic carbocycles. The molecule has 3 N–H and O–H groups in total. The summed E-state index contributed by atoms with van der Waals surface area (Å²) in [4.78, 5) is 3.90. The molecule has 1 aromatic heterocycles. The number of anilines is 3. The summed E-state index contributed by atoms with van der Waals surface area (Å²) in [5.41, 5.74) is 5.69. The molecule has 0 unspecified atom stereocenters. The van der Waals surface area contributed by atoms with Gasteiger partial charge in [-0.2, -0.15) is 0 Å². The third-order valence-corrected chi connectivity index (χ3v) is 2.73. The van der Waals surface area contributed by atoms with Crippen LogP contribution in [0.2, 0.25) is 0 Å². The van der Waals surface area contributed by atoms with Crippen molar-refractivity contribution in [2.75, 3.05) is 11.1 Å². The van der Waals surface area contributed by atoms with Gasteiger partial charge < -0.3 is 11.1 Å². The van der Waals surface area contributed by atoms with Crippen LogP contribution in [0.5, 0.6) is 0 Å². The molecule has 0 amide bonds. The predicted octanol–water partition coefficient (Wildman–Crippen LogP) is 3.59. The lowest BCUT2D eigenvalue weighted by molar-refractivity contribution is 0.496. The Morgan fingerprint density at radius 1 is 1.06 bits per heavy atom. The molecule has 0 bridgehead atoms. The zero-order valence-electron chi connectivity index (χ0n) is 8.85. The van der Waals surface area contributed by atoms with Gasteiger partial charge in [0.2, 0.25) is 0 Å². The second kappa shape index (κ2) is 4.85. The quantitative estimate of drug-likeness (QED) is 0.832. The van der Waals surface area contributed by atoms with Crippen LogP contribution < -0.4 is 11.1 Å². The standard InChI is InChI=1S/C11H7BrF3N3/c12-6-1-5(16)4-17-11(6)18-10-3-8(14)7(13)2-9(10)15/h1-4H,16H2,(H,17,18). The maximum atomic E-state index is 13.4. The average molecular weight is 318 g/mol. The van der Waals surface area contributed by atoms with E-state index in [0.717, 1.165) is 6.07 Å². The Morgan fingerprint density at radius 2 is 1.72 bits per heavy atom. The summed E-state index contributed by atoms with van der Waals surface area (Å²) in [6.07, 6.45) is 1.35. The molecule has 0 aliphatic carbocycles. The van der Waals surface area contributed by atoms with Gasteiger partial charge in [-0.1, -0.05) is 0 Å². The van der Waals surface area contributed by atoms with Crippen molar-refractivity contribution in [3.8, 4) is 0 Å². The molecule has 0 spiro atoms. The summed E-state index contributed by atoms with van der Waals surface area (Å²) < 4.78 is 39.6. The number of nitrogens with two attached hydrogens (primary N) is 1. The minimum atomic E-state index is -1.25. The lowest BCUT2D eigenvalue weighted by Gasteiger charge is -2.09. The first-order chi connectivity index (χ1) is 8.47. The van der Waals surface area contributed by atoms with Gasteiger partial charge in [0, 0.05) is 12.1 Å². The van der Waals surface area contributed by atoms with Gasteiger partial charge in [0.1, 0.15) is 11.6 Å². The highest BCUT2D eigenvalue weighted by atomic mass is 79.9. The van der Waals surface area contributed by atoms with Gasteiger partial charge in [0.25, 0.3) is 0 Å². The second-order valence-electron chi connectivity index (χ2n) is 3.47. The molecule has 0 aliphatic rings. The Morgan fingerprint density at radius 3 is 2.39 bits per heavy atom. The van der Waals surface area contributed by atoms with E-state index in [1.165, 1.54) is 6.20 Å². The summed E-state index contributed by atoms with van der Waals surface area (Å²) in [6.45, 7) is 0. The fourth-order valence-corrected chi connectivity index (χ4v) is 1.76. The van der Waals surface area contributed by atoms with Gasteiger partial charge in [-0.05, 0) is 22.0 Å². The van der Waals surface area contributed by atoms with E-state index in [4.69, 9.17) is 5.73 Å². The maximum Gasteiger partial charge on any atom is 0.161 e. The van der Waals surface area contributed by atoms with Gasteiger partial charge >= 0.3 is 0 Å². The molecule has 0 saturated heterocycles. The van der Waals surface area contributed by atoms with Crippen LogP contribution in [-0.4, -0.2) is 4.98 Å². The van der Waals surface area contributed by atoms with Crippen molar-refractivity contribution >= 4 is 33.1 Å². The first kappa shape index (κ1) is 12.7. The van der Waals surface area contributed by atoms with Crippen LogP contribution in [0.4, 0.5) is 30.4 Å². The molecule has 0 aliphatic heterocycles. The van der Waals surface area contributed by atoms with E-state index in [2.05, 4.69) is 26.2 Å². The normalized spacial score (nSPS) is 10.4. The van der Waals surface area contributed by atoms with E-state index in [1.807, 2.05) is 0 Å². The number of halogens is 4. The van der Waals surface area contributed by atoms with Gasteiger partial charge in [-0.15, -0.1) is 0 Å². The number of hydrogen-bond donors (Lipinski definition) is 2. The molecule has 94 valence electrons. The van der Waals surface area contributed by atoms with Crippen molar-refractivity contribution in [3.63, 3.8) is 0 Å². The molecule has 0 radical (unpaired) electrons. The maximum absolute atomic E-state index is 13.4. The van der Waals surface area contributed by atoms with E-state index in [0.29, 0.717) is 16.2 Å². The predicted molar refractivity (Wildman–Crippen MR) is 65.9 cm³/mol. The fourth-order valence-electron chi connectivity index (χ4n) is 1.29. The molecule has 18 heavy (non-hydrogen) atoms. The summed E-state index contributed by atoms with van der Waals surface area (Å²) in [6, 6.07) is 2.73. The van der Waals surface area contributed by atoms with E-state index < -0.39 is 17.5 Å². The van der Waals surface area contributed by atoms with Crippen LogP contribution in [0, 0.1) is 17.5 Å². The van der Waals surface area contributed by atoms with Crippen LogP contribution in [0.25, 0.3) is 0 Å². The van der Waals surface area contributed by atoms with Gasteiger partial charge in [-0.25, -0.2) is 18.2 Å². The number of hydrogen-bond acceptors (Lipinski definition) is 3. The summed E-state index contributed by atoms with van der Waals surface area (Å²) in [5, 5.41) is 2.54. The average Bonchev–Trinajstić information content (AvgIpc) is 2.29. The first-order valence-electron chi connectivity index (χ1n) is 4.80. The van der Waals surface area contributed by atoms with Crippen LogP contribution >= 0.6 is 15.9 Å². The molecule has 2 rings (SSSR count). The lowest BCUT2D eigenvalue weighted by Crippen LogP contribution is -2.00. The monoisotopic (exact) mass is 317 g/mol. The second-order valence-corrected chi connectivity index (χ2v) is 4.32. The van der Waals surface area contributed by atoms with Crippen molar-refractivity contribution in [2.45, 2.75) is 0 Å². The Balaban J connectivity index is 2.37. The van der Waals surface area contributed by atoms with Crippen molar-refractivity contribution in [3.05, 3.63) is 46.3 Å². The van der Waals surface area contributed by atoms with Crippen molar-refractivity contribution in [1.82, 2.24) is 4.98 Å². The van der Waals surface area contributed by atoms with Crippen LogP contribution in [0.1, 0.15) is 0 Å². The largest absolute Gasteiger partial charge is 0.397 e. The van der Waals surface area contributed by atoms with Crippen molar-refractivity contribution < 1.29 is 13.2 Å². The number of nitrogen functional groups attached to an aromatic ring is 1. The molecule has 0 atom stereocenters. The van der Waals surface area contributed by atoms with Crippen LogP contribution in [0.15, 0.2) is 28.9 Å². The first-order valence-corrected chi connectivity index (χ1v) is 5.59. The van der Waals surface area contributed by atoms with E-state index >= 15 is 0 Å².